The second kappa shape index (κ2) is 7.41. The Labute approximate surface area is 154 Å². The van der Waals surface area contributed by atoms with Crippen molar-refractivity contribution < 1.29 is 19.4 Å². The Kier molecular flexibility index (Phi) is 5.69. The van der Waals surface area contributed by atoms with Crippen LogP contribution >= 0.6 is 22.9 Å². The van der Waals surface area contributed by atoms with Gasteiger partial charge in [0.2, 0.25) is 0 Å². The number of nitrogens with zero attached hydrogens (tertiary/aromatic N) is 1. The molecule has 0 fully saturated rings. The van der Waals surface area contributed by atoms with Gasteiger partial charge in [-0.2, -0.15) is 0 Å². The zero-order valence-electron chi connectivity index (χ0n) is 14.3. The van der Waals surface area contributed by atoms with Gasteiger partial charge < -0.3 is 15.2 Å². The molecule has 0 radical (unpaired) electrons. The Morgan fingerprint density at radius 3 is 2.44 bits per heavy atom. The maximum atomic E-state index is 12.5. The molecule has 2 N–H and O–H groups in total. The SMILES string of the molecule is Cc1nc(C(C)NC(=O)C(C)(C)Oc2ccc(Cl)cc2)sc1C(=O)O. The van der Waals surface area contributed by atoms with Gasteiger partial charge in [0, 0.05) is 5.02 Å². The fourth-order valence-electron chi connectivity index (χ4n) is 2.08. The van der Waals surface area contributed by atoms with Crippen molar-refractivity contribution in [2.45, 2.75) is 39.3 Å². The number of benzene rings is 1. The number of halogens is 1. The summed E-state index contributed by atoms with van der Waals surface area (Å²) in [4.78, 5) is 28.1. The lowest BCUT2D eigenvalue weighted by atomic mass is 10.1. The van der Waals surface area contributed by atoms with Crippen molar-refractivity contribution in [1.82, 2.24) is 10.3 Å². The van der Waals surface area contributed by atoms with E-state index in [1.54, 1.807) is 52.0 Å². The van der Waals surface area contributed by atoms with Crippen LogP contribution in [0.5, 0.6) is 5.75 Å². The monoisotopic (exact) mass is 382 g/mol. The Hall–Kier alpha value is -2.12. The summed E-state index contributed by atoms with van der Waals surface area (Å²) in [7, 11) is 0. The van der Waals surface area contributed by atoms with Crippen LogP contribution in [0.3, 0.4) is 0 Å². The smallest absolute Gasteiger partial charge is 0.347 e. The highest BCUT2D eigenvalue weighted by Gasteiger charge is 2.32. The van der Waals surface area contributed by atoms with Crippen LogP contribution in [-0.4, -0.2) is 27.6 Å². The van der Waals surface area contributed by atoms with Gasteiger partial charge in [0.1, 0.15) is 15.6 Å². The second-order valence-electron chi connectivity index (χ2n) is 6.03. The summed E-state index contributed by atoms with van der Waals surface area (Å²) in [5.74, 6) is -0.832. The van der Waals surface area contributed by atoms with Crippen molar-refractivity contribution in [1.29, 1.82) is 0 Å². The Balaban J connectivity index is 2.07. The summed E-state index contributed by atoms with van der Waals surface area (Å²) in [5.41, 5.74) is -0.686. The third-order valence-electron chi connectivity index (χ3n) is 3.46. The van der Waals surface area contributed by atoms with Crippen molar-refractivity contribution in [2.24, 2.45) is 0 Å². The molecule has 1 aromatic heterocycles. The predicted octanol–water partition coefficient (Wildman–Crippen LogP) is 3.84. The number of amides is 1. The molecule has 0 aliphatic heterocycles. The van der Waals surface area contributed by atoms with Gasteiger partial charge in [-0.3, -0.25) is 4.79 Å². The van der Waals surface area contributed by atoms with Gasteiger partial charge in [-0.25, -0.2) is 9.78 Å². The first kappa shape index (κ1) is 19.2. The standard InChI is InChI=1S/C17H19ClN2O4S/c1-9-13(15(21)22)25-14(19-9)10(2)20-16(23)17(3,4)24-12-7-5-11(18)6-8-12/h5-8,10H,1-4H3,(H,20,23)(H,21,22). The number of carboxylic acids is 1. The van der Waals surface area contributed by atoms with Crippen LogP contribution in [0.4, 0.5) is 0 Å². The number of carboxylic acid groups (broad SMARTS) is 1. The highest BCUT2D eigenvalue weighted by molar-refractivity contribution is 7.13. The van der Waals surface area contributed by atoms with E-state index in [0.717, 1.165) is 11.3 Å². The molecule has 1 unspecified atom stereocenters. The third-order valence-corrected chi connectivity index (χ3v) is 5.04. The minimum absolute atomic E-state index is 0.174. The van der Waals surface area contributed by atoms with E-state index >= 15 is 0 Å². The molecule has 134 valence electrons. The Morgan fingerprint density at radius 1 is 1.32 bits per heavy atom. The summed E-state index contributed by atoms with van der Waals surface area (Å²) in [6.45, 7) is 6.69. The number of hydrogen-bond acceptors (Lipinski definition) is 5. The van der Waals surface area contributed by atoms with E-state index in [-0.39, 0.29) is 10.8 Å². The molecule has 1 atom stereocenters. The highest BCUT2D eigenvalue weighted by Crippen LogP contribution is 2.25. The number of carbonyl (C=O) groups excluding carboxylic acids is 1. The normalized spacial score (nSPS) is 12.5. The highest BCUT2D eigenvalue weighted by atomic mass is 35.5. The number of ether oxygens (including phenoxy) is 1. The van der Waals surface area contributed by atoms with E-state index < -0.39 is 17.6 Å². The van der Waals surface area contributed by atoms with Crippen LogP contribution in [-0.2, 0) is 4.79 Å². The van der Waals surface area contributed by atoms with E-state index in [1.165, 1.54) is 0 Å². The molecular formula is C17H19ClN2O4S. The zero-order chi connectivity index (χ0) is 18.8. The van der Waals surface area contributed by atoms with Crippen LogP contribution in [0.25, 0.3) is 0 Å². The van der Waals surface area contributed by atoms with Crippen molar-refractivity contribution in [3.05, 3.63) is 44.9 Å². The van der Waals surface area contributed by atoms with Crippen molar-refractivity contribution in [3.8, 4) is 5.75 Å². The molecule has 2 rings (SSSR count). The van der Waals surface area contributed by atoms with E-state index in [0.29, 0.717) is 21.5 Å². The number of aromatic nitrogens is 1. The molecule has 0 spiro atoms. The molecule has 0 aliphatic rings. The molecule has 0 aliphatic carbocycles. The summed E-state index contributed by atoms with van der Waals surface area (Å²) in [6, 6.07) is 6.30. The van der Waals surface area contributed by atoms with Crippen molar-refractivity contribution in [3.63, 3.8) is 0 Å². The molecule has 6 nitrogen and oxygen atoms in total. The van der Waals surface area contributed by atoms with Crippen LogP contribution in [0.15, 0.2) is 24.3 Å². The molecule has 8 heteroatoms. The molecule has 1 heterocycles. The first-order valence-corrected chi connectivity index (χ1v) is 8.76. The van der Waals surface area contributed by atoms with Gasteiger partial charge in [0.25, 0.3) is 5.91 Å². The third kappa shape index (κ3) is 4.70. The first-order chi connectivity index (χ1) is 11.6. The lowest BCUT2D eigenvalue weighted by Gasteiger charge is -2.26. The van der Waals surface area contributed by atoms with Crippen molar-refractivity contribution >= 4 is 34.8 Å². The fraction of sp³-hybridized carbons (Fsp3) is 0.353. The second-order valence-corrected chi connectivity index (χ2v) is 7.50. The van der Waals surface area contributed by atoms with Crippen LogP contribution in [0.1, 0.15) is 47.2 Å². The van der Waals surface area contributed by atoms with Gasteiger partial charge in [-0.15, -0.1) is 11.3 Å². The van der Waals surface area contributed by atoms with E-state index in [4.69, 9.17) is 21.4 Å². The molecule has 0 saturated heterocycles. The largest absolute Gasteiger partial charge is 0.478 e. The van der Waals surface area contributed by atoms with Crippen LogP contribution < -0.4 is 10.1 Å². The molecule has 25 heavy (non-hydrogen) atoms. The number of thiazole rings is 1. The Morgan fingerprint density at radius 2 is 1.92 bits per heavy atom. The fourth-order valence-corrected chi connectivity index (χ4v) is 3.11. The summed E-state index contributed by atoms with van der Waals surface area (Å²) < 4.78 is 5.74. The number of nitrogens with one attached hydrogen (secondary N) is 1. The molecular weight excluding hydrogens is 364 g/mol. The minimum Gasteiger partial charge on any atom is -0.478 e. The van der Waals surface area contributed by atoms with Crippen LogP contribution in [0.2, 0.25) is 5.02 Å². The zero-order valence-corrected chi connectivity index (χ0v) is 15.9. The minimum atomic E-state index is -1.12. The number of aromatic carboxylic acids is 1. The van der Waals surface area contributed by atoms with E-state index in [1.807, 2.05) is 0 Å². The maximum Gasteiger partial charge on any atom is 0.347 e. The Bertz CT molecular complexity index is 786. The van der Waals surface area contributed by atoms with Gasteiger partial charge in [0.15, 0.2) is 5.60 Å². The molecule has 0 bridgehead atoms. The lowest BCUT2D eigenvalue weighted by molar-refractivity contribution is -0.134. The molecule has 0 saturated carbocycles. The summed E-state index contributed by atoms with van der Waals surface area (Å²) >= 11 is 6.89. The molecule has 2 aromatic rings. The first-order valence-electron chi connectivity index (χ1n) is 7.56. The number of aryl methyl sites for hydroxylation is 1. The maximum absolute atomic E-state index is 12.5. The number of rotatable bonds is 6. The van der Waals surface area contributed by atoms with Gasteiger partial charge >= 0.3 is 5.97 Å². The van der Waals surface area contributed by atoms with E-state index in [2.05, 4.69) is 10.3 Å². The lowest BCUT2D eigenvalue weighted by Crippen LogP contribution is -2.47. The van der Waals surface area contributed by atoms with Crippen LogP contribution in [0, 0.1) is 6.92 Å². The van der Waals surface area contributed by atoms with Crippen molar-refractivity contribution in [2.75, 3.05) is 0 Å². The predicted molar refractivity (Wildman–Crippen MR) is 96.5 cm³/mol. The van der Waals surface area contributed by atoms with E-state index in [9.17, 15) is 9.59 Å². The quantitative estimate of drug-likeness (QED) is 0.792. The summed E-state index contributed by atoms with van der Waals surface area (Å²) in [5, 5.41) is 13.0. The number of carbonyl (C=O) groups is 2. The average molecular weight is 383 g/mol. The number of hydrogen-bond donors (Lipinski definition) is 2. The van der Waals surface area contributed by atoms with Gasteiger partial charge in [-0.05, 0) is 52.0 Å². The molecule has 1 amide bonds. The molecule has 1 aromatic carbocycles. The van der Waals surface area contributed by atoms with Gasteiger partial charge in [-0.1, -0.05) is 11.6 Å². The topological polar surface area (TPSA) is 88.5 Å². The summed E-state index contributed by atoms with van der Waals surface area (Å²) in [6.07, 6.45) is 0. The van der Waals surface area contributed by atoms with Gasteiger partial charge in [0.05, 0.1) is 11.7 Å². The average Bonchev–Trinajstić information content (AvgIpc) is 2.91.